The molecule has 1 unspecified atom stereocenters. The molecule has 0 spiro atoms. The minimum Gasteiger partial charge on any atom is -0.302 e. The van der Waals surface area contributed by atoms with Gasteiger partial charge in [-0.15, -0.1) is 8.20 Å². The van der Waals surface area contributed by atoms with E-state index in [0.717, 1.165) is 5.92 Å². The van der Waals surface area contributed by atoms with Gasteiger partial charge < -0.3 is 4.90 Å². The van der Waals surface area contributed by atoms with Crippen molar-refractivity contribution in [2.24, 2.45) is 5.92 Å². The van der Waals surface area contributed by atoms with Gasteiger partial charge in [-0.3, -0.25) is 0 Å². The average Bonchev–Trinajstić information content (AvgIpc) is 2.87. The summed E-state index contributed by atoms with van der Waals surface area (Å²) in [6.45, 7) is 6.42. The molecule has 0 amide bonds. The molecule has 0 saturated carbocycles. The van der Waals surface area contributed by atoms with E-state index in [1.165, 1.54) is 66.4 Å². The molecule has 84 valence electrons. The van der Waals surface area contributed by atoms with E-state index in [2.05, 4.69) is 22.0 Å². The summed E-state index contributed by atoms with van der Waals surface area (Å²) in [5.41, 5.74) is 0. The summed E-state index contributed by atoms with van der Waals surface area (Å²) in [4.78, 5) is 2.59. The van der Waals surface area contributed by atoms with Crippen molar-refractivity contribution in [1.29, 1.82) is 0 Å². The molecular formula is C12H22N2P+. The van der Waals surface area contributed by atoms with Gasteiger partial charge in [-0.2, -0.15) is 0 Å². The van der Waals surface area contributed by atoms with Crippen molar-refractivity contribution in [1.82, 2.24) is 4.90 Å². The molecule has 0 N–H and O–H groups in total. The van der Waals surface area contributed by atoms with Crippen LogP contribution in [-0.2, 0) is 0 Å². The van der Waals surface area contributed by atoms with E-state index in [0.29, 0.717) is 0 Å². The summed E-state index contributed by atoms with van der Waals surface area (Å²) in [6.07, 6.45) is 11.8. The largest absolute Gasteiger partial charge is 0.302 e. The number of hydrogen-bond donors (Lipinski definition) is 0. The normalized spacial score (nSPS) is 27.7. The minimum atomic E-state index is 0.824. The first-order valence-electron chi connectivity index (χ1n) is 6.12. The fourth-order valence-corrected chi connectivity index (χ4v) is 3.01. The summed E-state index contributed by atoms with van der Waals surface area (Å²) >= 11 is 0. The number of nitrogens with zero attached hydrogens (tertiary/aromatic N) is 2. The Kier molecular flexibility index (Phi) is 4.34. The number of rotatable bonds is 4. The minimum absolute atomic E-state index is 0.824. The van der Waals surface area contributed by atoms with E-state index in [1.54, 1.807) is 0 Å². The lowest BCUT2D eigenvalue weighted by molar-refractivity contribution is -0.503. The third-order valence-electron chi connectivity index (χ3n) is 3.45. The molecule has 2 saturated heterocycles. The van der Waals surface area contributed by atoms with Gasteiger partial charge in [-0.25, -0.2) is 4.58 Å². The van der Waals surface area contributed by atoms with E-state index in [1.807, 2.05) is 0 Å². The van der Waals surface area contributed by atoms with Crippen LogP contribution in [0.3, 0.4) is 0 Å². The summed E-state index contributed by atoms with van der Waals surface area (Å²) in [5, 5.41) is 0. The average molecular weight is 225 g/mol. The van der Waals surface area contributed by atoms with Crippen molar-refractivity contribution in [3.8, 4) is 0 Å². The third kappa shape index (κ3) is 3.39. The SMILES string of the molecule is C=PCCN1CCC(C=[N+]2CCCC2)C1. The quantitative estimate of drug-likeness (QED) is 0.520. The summed E-state index contributed by atoms with van der Waals surface area (Å²) < 4.78 is 2.54. The molecule has 0 aromatic rings. The predicted octanol–water partition coefficient (Wildman–Crippen LogP) is 1.56. The molecule has 2 heterocycles. The Labute approximate surface area is 94.8 Å². The maximum Gasteiger partial charge on any atom is 0.144 e. The second-order valence-electron chi connectivity index (χ2n) is 4.69. The van der Waals surface area contributed by atoms with E-state index >= 15 is 0 Å². The second kappa shape index (κ2) is 5.77. The van der Waals surface area contributed by atoms with Crippen molar-refractivity contribution in [3.05, 3.63) is 0 Å². The zero-order valence-corrected chi connectivity index (χ0v) is 10.5. The highest BCUT2D eigenvalue weighted by Gasteiger charge is 2.24. The van der Waals surface area contributed by atoms with E-state index in [9.17, 15) is 0 Å². The van der Waals surface area contributed by atoms with Crippen LogP contribution in [0.15, 0.2) is 0 Å². The van der Waals surface area contributed by atoms with Gasteiger partial charge in [0.05, 0.1) is 0 Å². The zero-order valence-electron chi connectivity index (χ0n) is 9.57. The molecule has 2 rings (SSSR count). The van der Waals surface area contributed by atoms with Crippen LogP contribution in [0, 0.1) is 5.92 Å². The van der Waals surface area contributed by atoms with Crippen molar-refractivity contribution < 1.29 is 4.58 Å². The Balaban J connectivity index is 1.76. The maximum absolute atomic E-state index is 3.88. The molecule has 2 aliphatic rings. The first kappa shape index (κ1) is 11.3. The van der Waals surface area contributed by atoms with Gasteiger partial charge >= 0.3 is 0 Å². The molecular weight excluding hydrogens is 203 g/mol. The fraction of sp³-hybridized carbons (Fsp3) is 0.833. The van der Waals surface area contributed by atoms with Crippen LogP contribution in [0.2, 0.25) is 0 Å². The van der Waals surface area contributed by atoms with Gasteiger partial charge in [0.25, 0.3) is 0 Å². The lowest BCUT2D eigenvalue weighted by Gasteiger charge is -2.12. The molecule has 2 nitrogen and oxygen atoms in total. The van der Waals surface area contributed by atoms with Crippen LogP contribution in [0.4, 0.5) is 0 Å². The van der Waals surface area contributed by atoms with E-state index in [4.69, 9.17) is 0 Å². The van der Waals surface area contributed by atoms with Gasteiger partial charge in [-0.1, -0.05) is 6.30 Å². The van der Waals surface area contributed by atoms with Crippen LogP contribution in [0.5, 0.6) is 0 Å². The first-order valence-corrected chi connectivity index (χ1v) is 7.39. The van der Waals surface area contributed by atoms with Crippen LogP contribution < -0.4 is 0 Å². The van der Waals surface area contributed by atoms with Crippen LogP contribution >= 0.6 is 8.20 Å². The van der Waals surface area contributed by atoms with Crippen molar-refractivity contribution in [3.63, 3.8) is 0 Å². The van der Waals surface area contributed by atoms with Crippen LogP contribution in [0.25, 0.3) is 0 Å². The standard InChI is InChI=1S/C12H22N2P/c1-15-9-8-14-7-4-12(11-14)10-13-5-2-3-6-13/h10,12H,1-9,11H2/q+1. The molecule has 0 aromatic carbocycles. The van der Waals surface area contributed by atoms with Gasteiger partial charge in [0.15, 0.2) is 0 Å². The molecule has 0 aliphatic carbocycles. The Bertz CT molecular complexity index is 242. The van der Waals surface area contributed by atoms with Crippen molar-refractivity contribution in [2.45, 2.75) is 19.3 Å². The monoisotopic (exact) mass is 225 g/mol. The molecule has 2 fully saturated rings. The molecule has 15 heavy (non-hydrogen) atoms. The lowest BCUT2D eigenvalue weighted by Crippen LogP contribution is -2.24. The zero-order chi connectivity index (χ0) is 10.5. The van der Waals surface area contributed by atoms with E-state index < -0.39 is 0 Å². The Morgan fingerprint density at radius 3 is 2.93 bits per heavy atom. The highest BCUT2D eigenvalue weighted by molar-refractivity contribution is 7.36. The topological polar surface area (TPSA) is 6.25 Å². The summed E-state index contributed by atoms with van der Waals surface area (Å²) in [6, 6.07) is 0. The second-order valence-corrected chi connectivity index (χ2v) is 5.58. The fourth-order valence-electron chi connectivity index (χ4n) is 2.59. The smallest absolute Gasteiger partial charge is 0.144 e. The van der Waals surface area contributed by atoms with Crippen molar-refractivity contribution in [2.75, 3.05) is 38.9 Å². The molecule has 3 heteroatoms. The summed E-state index contributed by atoms with van der Waals surface area (Å²) in [5.74, 6) is 0.824. The van der Waals surface area contributed by atoms with Crippen LogP contribution in [-0.4, -0.2) is 60.9 Å². The Hall–Kier alpha value is -0.200. The Morgan fingerprint density at radius 2 is 2.20 bits per heavy atom. The van der Waals surface area contributed by atoms with Gasteiger partial charge in [-0.05, 0) is 13.0 Å². The number of likely N-dealkylation sites (tertiary alicyclic amines) is 1. The van der Waals surface area contributed by atoms with Gasteiger partial charge in [0.1, 0.15) is 19.3 Å². The van der Waals surface area contributed by atoms with Gasteiger partial charge in [0, 0.05) is 38.0 Å². The van der Waals surface area contributed by atoms with Crippen molar-refractivity contribution >= 4 is 20.7 Å². The molecule has 2 aliphatic heterocycles. The third-order valence-corrected chi connectivity index (χ3v) is 3.96. The highest BCUT2D eigenvalue weighted by Crippen LogP contribution is 2.15. The first-order chi connectivity index (χ1) is 7.38. The molecule has 0 radical (unpaired) electrons. The molecule has 1 atom stereocenters. The summed E-state index contributed by atoms with van der Waals surface area (Å²) in [7, 11) is 1.29. The highest BCUT2D eigenvalue weighted by atomic mass is 31.1. The molecule has 0 aromatic heterocycles. The number of hydrogen-bond acceptors (Lipinski definition) is 1. The Morgan fingerprint density at radius 1 is 1.40 bits per heavy atom. The predicted molar refractivity (Wildman–Crippen MR) is 68.7 cm³/mol. The molecule has 0 bridgehead atoms. The van der Waals surface area contributed by atoms with Gasteiger partial charge in [0.2, 0.25) is 0 Å². The lowest BCUT2D eigenvalue weighted by atomic mass is 10.1. The van der Waals surface area contributed by atoms with E-state index in [-0.39, 0.29) is 0 Å². The van der Waals surface area contributed by atoms with Crippen LogP contribution in [0.1, 0.15) is 19.3 Å². The maximum atomic E-state index is 3.88.